The molecule has 0 saturated carbocycles. The lowest BCUT2D eigenvalue weighted by Gasteiger charge is -2.33. The van der Waals surface area contributed by atoms with Crippen LogP contribution in [0.25, 0.3) is 0 Å². The Kier molecular flexibility index (Phi) is 7.99. The molecule has 1 fully saturated rings. The number of carbonyl (C=O) groups is 1. The molecule has 2 atom stereocenters. The number of rotatable bonds is 9. The number of aromatic nitrogens is 2. The van der Waals surface area contributed by atoms with Crippen LogP contribution in [0.4, 0.5) is 16.0 Å². The molecule has 2 unspecified atom stereocenters. The molecule has 0 spiro atoms. The molecule has 1 amide bonds. The fraction of sp³-hybridized carbons (Fsp3) is 0.522. The van der Waals surface area contributed by atoms with Gasteiger partial charge in [-0.2, -0.15) is 0 Å². The van der Waals surface area contributed by atoms with E-state index in [1.54, 1.807) is 18.5 Å². The zero-order valence-electron chi connectivity index (χ0n) is 17.9. The van der Waals surface area contributed by atoms with E-state index in [0.717, 1.165) is 62.5 Å². The van der Waals surface area contributed by atoms with Gasteiger partial charge in [-0.15, -0.1) is 0 Å². The summed E-state index contributed by atoms with van der Waals surface area (Å²) in [5.41, 5.74) is 0.907. The second-order valence-corrected chi connectivity index (χ2v) is 8.02. The van der Waals surface area contributed by atoms with Crippen molar-refractivity contribution in [1.29, 1.82) is 0 Å². The lowest BCUT2D eigenvalue weighted by Crippen LogP contribution is -2.36. The van der Waals surface area contributed by atoms with Gasteiger partial charge in [0.1, 0.15) is 23.8 Å². The van der Waals surface area contributed by atoms with Gasteiger partial charge in [0.25, 0.3) is 0 Å². The van der Waals surface area contributed by atoms with Crippen molar-refractivity contribution < 1.29 is 9.18 Å². The number of nitrogens with zero attached hydrogens (tertiary/aromatic N) is 3. The largest absolute Gasteiger partial charge is 0.370 e. The van der Waals surface area contributed by atoms with Crippen LogP contribution >= 0.6 is 0 Å². The minimum atomic E-state index is -0.268. The first kappa shape index (κ1) is 22.0. The molecule has 1 aromatic carbocycles. The lowest BCUT2D eigenvalue weighted by atomic mass is 9.93. The Morgan fingerprint density at radius 3 is 2.87 bits per heavy atom. The van der Waals surface area contributed by atoms with Gasteiger partial charge in [-0.05, 0) is 56.2 Å². The predicted octanol–water partition coefficient (Wildman–Crippen LogP) is 4.31. The number of hydrogen-bond donors (Lipinski definition) is 2. The number of halogens is 1. The van der Waals surface area contributed by atoms with Gasteiger partial charge < -0.3 is 15.5 Å². The Balaban J connectivity index is 1.47. The van der Waals surface area contributed by atoms with E-state index >= 15 is 0 Å². The monoisotopic (exact) mass is 413 g/mol. The van der Waals surface area contributed by atoms with E-state index in [1.807, 2.05) is 13.0 Å². The maximum atomic E-state index is 13.1. The molecule has 2 aromatic rings. The minimum Gasteiger partial charge on any atom is -0.370 e. The molecule has 30 heavy (non-hydrogen) atoms. The van der Waals surface area contributed by atoms with Crippen LogP contribution in [0, 0.1) is 11.7 Å². The molecule has 1 saturated heterocycles. The first-order valence-electron chi connectivity index (χ1n) is 10.9. The number of nitrogens with one attached hydrogen (secondary N) is 2. The number of amides is 1. The topological polar surface area (TPSA) is 70.2 Å². The second kappa shape index (κ2) is 10.9. The van der Waals surface area contributed by atoms with Crippen LogP contribution in [-0.4, -0.2) is 35.5 Å². The number of benzene rings is 1. The summed E-state index contributed by atoms with van der Waals surface area (Å²) in [6.45, 7) is 6.83. The van der Waals surface area contributed by atoms with Crippen LogP contribution in [0.5, 0.6) is 0 Å². The normalized spacial score (nSPS) is 17.4. The van der Waals surface area contributed by atoms with Gasteiger partial charge >= 0.3 is 0 Å². The summed E-state index contributed by atoms with van der Waals surface area (Å²) in [5, 5.41) is 6.33. The molecule has 0 bridgehead atoms. The summed E-state index contributed by atoms with van der Waals surface area (Å²) in [4.78, 5) is 23.4. The van der Waals surface area contributed by atoms with Crippen molar-refractivity contribution in [3.05, 3.63) is 48.0 Å². The first-order chi connectivity index (χ1) is 14.5. The number of carbonyl (C=O) groups excluding carboxylic acids is 1. The Bertz CT molecular complexity index is 813. The van der Waals surface area contributed by atoms with Crippen molar-refractivity contribution in [2.45, 2.75) is 52.0 Å². The van der Waals surface area contributed by atoms with E-state index in [4.69, 9.17) is 0 Å². The van der Waals surface area contributed by atoms with E-state index < -0.39 is 0 Å². The summed E-state index contributed by atoms with van der Waals surface area (Å²) in [6.07, 6.45) is 6.24. The fourth-order valence-corrected chi connectivity index (χ4v) is 3.86. The Hall–Kier alpha value is -2.70. The predicted molar refractivity (Wildman–Crippen MR) is 118 cm³/mol. The van der Waals surface area contributed by atoms with Gasteiger partial charge in [-0.25, -0.2) is 14.4 Å². The lowest BCUT2D eigenvalue weighted by molar-refractivity contribution is -0.122. The van der Waals surface area contributed by atoms with Crippen LogP contribution in [0.15, 0.2) is 36.7 Å². The number of anilines is 2. The van der Waals surface area contributed by atoms with Crippen molar-refractivity contribution >= 4 is 17.5 Å². The summed E-state index contributed by atoms with van der Waals surface area (Å²) < 4.78 is 13.1. The molecule has 0 aliphatic carbocycles. The Morgan fingerprint density at radius 1 is 1.30 bits per heavy atom. The molecule has 2 N–H and O–H groups in total. The molecule has 162 valence electrons. The van der Waals surface area contributed by atoms with Crippen molar-refractivity contribution in [1.82, 2.24) is 15.3 Å². The quantitative estimate of drug-likeness (QED) is 0.641. The third kappa shape index (κ3) is 6.40. The SMILES string of the molecule is CCCNc1cc(N2CCCC(CCC(=O)NC(C)c3ccc(F)cc3)C2)ncn1. The summed E-state index contributed by atoms with van der Waals surface area (Å²) >= 11 is 0. The molecule has 1 aliphatic heterocycles. The van der Waals surface area contributed by atoms with Gasteiger partial charge in [0, 0.05) is 32.1 Å². The van der Waals surface area contributed by atoms with Crippen LogP contribution in [0.2, 0.25) is 0 Å². The molecular weight excluding hydrogens is 381 g/mol. The molecule has 3 rings (SSSR count). The van der Waals surface area contributed by atoms with E-state index in [0.29, 0.717) is 12.3 Å². The molecule has 1 aliphatic rings. The second-order valence-electron chi connectivity index (χ2n) is 8.02. The molecule has 0 radical (unpaired) electrons. The minimum absolute atomic E-state index is 0.0389. The summed E-state index contributed by atoms with van der Waals surface area (Å²) in [7, 11) is 0. The molecule has 2 heterocycles. The molecular formula is C23H32FN5O. The van der Waals surface area contributed by atoms with Crippen molar-refractivity contribution in [2.24, 2.45) is 5.92 Å². The van der Waals surface area contributed by atoms with Gasteiger partial charge in [0.15, 0.2) is 0 Å². The van der Waals surface area contributed by atoms with Crippen LogP contribution < -0.4 is 15.5 Å². The van der Waals surface area contributed by atoms with Gasteiger partial charge in [-0.3, -0.25) is 4.79 Å². The van der Waals surface area contributed by atoms with E-state index in [-0.39, 0.29) is 17.8 Å². The van der Waals surface area contributed by atoms with Crippen LogP contribution in [0.1, 0.15) is 57.6 Å². The first-order valence-corrected chi connectivity index (χ1v) is 10.9. The van der Waals surface area contributed by atoms with Crippen LogP contribution in [0.3, 0.4) is 0 Å². The molecule has 1 aromatic heterocycles. The fourth-order valence-electron chi connectivity index (χ4n) is 3.86. The van der Waals surface area contributed by atoms with E-state index in [1.165, 1.54) is 12.1 Å². The third-order valence-corrected chi connectivity index (χ3v) is 5.58. The standard InChI is InChI=1S/C23H32FN5O/c1-3-12-25-21-14-22(27-16-26-21)29-13-4-5-18(15-29)6-11-23(30)28-17(2)19-7-9-20(24)10-8-19/h7-10,14,16-18H,3-6,11-13,15H2,1-2H3,(H,28,30)(H,25,26,27). The van der Waals surface area contributed by atoms with Gasteiger partial charge in [0.2, 0.25) is 5.91 Å². The zero-order valence-corrected chi connectivity index (χ0v) is 17.9. The van der Waals surface area contributed by atoms with E-state index in [9.17, 15) is 9.18 Å². The Labute approximate surface area is 178 Å². The average molecular weight is 414 g/mol. The van der Waals surface area contributed by atoms with E-state index in [2.05, 4.69) is 32.4 Å². The highest BCUT2D eigenvalue weighted by atomic mass is 19.1. The van der Waals surface area contributed by atoms with Gasteiger partial charge in [-0.1, -0.05) is 19.1 Å². The average Bonchev–Trinajstić information content (AvgIpc) is 2.77. The third-order valence-electron chi connectivity index (χ3n) is 5.58. The zero-order chi connectivity index (χ0) is 21.3. The Morgan fingerprint density at radius 2 is 2.10 bits per heavy atom. The van der Waals surface area contributed by atoms with Crippen LogP contribution in [-0.2, 0) is 4.79 Å². The maximum absolute atomic E-state index is 13.1. The van der Waals surface area contributed by atoms with Crippen molar-refractivity contribution in [3.8, 4) is 0 Å². The van der Waals surface area contributed by atoms with Crippen molar-refractivity contribution in [3.63, 3.8) is 0 Å². The molecule has 7 heteroatoms. The summed E-state index contributed by atoms with van der Waals surface area (Å²) in [6, 6.07) is 8.15. The highest BCUT2D eigenvalue weighted by Gasteiger charge is 2.22. The maximum Gasteiger partial charge on any atom is 0.220 e. The number of hydrogen-bond acceptors (Lipinski definition) is 5. The van der Waals surface area contributed by atoms with Gasteiger partial charge in [0.05, 0.1) is 6.04 Å². The smallest absolute Gasteiger partial charge is 0.220 e. The van der Waals surface area contributed by atoms with Crippen molar-refractivity contribution in [2.75, 3.05) is 29.9 Å². The highest BCUT2D eigenvalue weighted by Crippen LogP contribution is 2.25. The highest BCUT2D eigenvalue weighted by molar-refractivity contribution is 5.76. The molecule has 6 nitrogen and oxygen atoms in total. The number of piperidine rings is 1. The summed E-state index contributed by atoms with van der Waals surface area (Å²) in [5.74, 6) is 2.04.